The quantitative estimate of drug-likeness (QED) is 0.231. The highest BCUT2D eigenvalue weighted by Gasteiger charge is 2.37. The zero-order valence-corrected chi connectivity index (χ0v) is 8.89. The summed E-state index contributed by atoms with van der Waals surface area (Å²) in [5, 5.41) is 35.3. The van der Waals surface area contributed by atoms with Gasteiger partial charge in [0.15, 0.2) is 18.5 Å². The van der Waals surface area contributed by atoms with E-state index in [0.717, 1.165) is 0 Å². The summed E-state index contributed by atoms with van der Waals surface area (Å²) in [6.07, 6.45) is -9.76. The number of rotatable bonds is 7. The molecule has 0 fully saturated rings. The molecule has 0 amide bonds. The minimum Gasteiger partial charge on any atom is -0.479 e. The molecule has 0 rings (SSSR count). The second kappa shape index (κ2) is 6.00. The molecule has 0 unspecified atom stereocenters. The van der Waals surface area contributed by atoms with Gasteiger partial charge in [-0.05, 0) is 0 Å². The summed E-state index contributed by atoms with van der Waals surface area (Å²) in [5.74, 6) is -1.91. The van der Waals surface area contributed by atoms with E-state index in [1.54, 1.807) is 0 Å². The molecule has 0 saturated heterocycles. The van der Waals surface area contributed by atoms with E-state index in [1.165, 1.54) is 0 Å². The number of aliphatic hydroxyl groups is 3. The maximum Gasteiger partial charge on any atom is 0.398 e. The van der Waals surface area contributed by atoms with Crippen LogP contribution >= 0.6 is 0 Å². The van der Waals surface area contributed by atoms with Gasteiger partial charge in [0.25, 0.3) is 0 Å². The Balaban J connectivity index is 4.81. The smallest absolute Gasteiger partial charge is 0.398 e. The number of aldehydes is 1. The molecule has 4 atom stereocenters. The predicted molar refractivity (Wildman–Crippen MR) is 48.1 cm³/mol. The van der Waals surface area contributed by atoms with Crippen molar-refractivity contribution < 1.29 is 47.2 Å². The third-order valence-corrected chi connectivity index (χ3v) is 2.10. The first kappa shape index (κ1) is 15.9. The monoisotopic (exact) mass is 274 g/mol. The van der Waals surface area contributed by atoms with Gasteiger partial charge >= 0.3 is 16.4 Å². The van der Waals surface area contributed by atoms with Crippen molar-refractivity contribution in [2.45, 2.75) is 24.4 Å². The largest absolute Gasteiger partial charge is 0.479 e. The minimum atomic E-state index is -5.09. The number of carboxylic acids is 1. The van der Waals surface area contributed by atoms with Crippen molar-refractivity contribution in [3.05, 3.63) is 0 Å². The molecule has 0 aromatic rings. The van der Waals surface area contributed by atoms with Gasteiger partial charge in [0.1, 0.15) is 12.2 Å². The molecule has 10 nitrogen and oxygen atoms in total. The van der Waals surface area contributed by atoms with Crippen molar-refractivity contribution in [1.82, 2.24) is 0 Å². The van der Waals surface area contributed by atoms with Crippen LogP contribution in [0.4, 0.5) is 0 Å². The number of aliphatic hydroxyl groups excluding tert-OH is 3. The van der Waals surface area contributed by atoms with Gasteiger partial charge in [0.05, 0.1) is 0 Å². The standard InChI is InChI=1S/C6H10O10S/c7-1-2(16-17(13,14)15)3(8)4(9)5(10)6(11)12/h1-5,8-10H,(H,11,12)(H,13,14,15)/t2-,3-,4+,5+/m1/s1. The fourth-order valence-electron chi connectivity index (χ4n) is 0.828. The fraction of sp³-hybridized carbons (Fsp3) is 0.667. The molecular formula is C6H10O10S. The van der Waals surface area contributed by atoms with Crippen LogP contribution in [0.1, 0.15) is 0 Å². The second-order valence-electron chi connectivity index (χ2n) is 2.89. The lowest BCUT2D eigenvalue weighted by atomic mass is 10.0. The van der Waals surface area contributed by atoms with Crippen LogP contribution in [-0.2, 0) is 24.2 Å². The van der Waals surface area contributed by atoms with E-state index in [0.29, 0.717) is 0 Å². The second-order valence-corrected chi connectivity index (χ2v) is 3.94. The summed E-state index contributed by atoms with van der Waals surface area (Å²) in [5.41, 5.74) is 0. The molecular weight excluding hydrogens is 264 g/mol. The fourth-order valence-corrected chi connectivity index (χ4v) is 1.27. The summed E-state index contributed by atoms with van der Waals surface area (Å²) >= 11 is 0. The molecule has 100 valence electrons. The molecule has 0 aromatic heterocycles. The van der Waals surface area contributed by atoms with Gasteiger partial charge in [-0.2, -0.15) is 8.42 Å². The Hall–Kier alpha value is -1.11. The molecule has 0 saturated carbocycles. The zero-order valence-electron chi connectivity index (χ0n) is 8.07. The summed E-state index contributed by atoms with van der Waals surface area (Å²) in [6, 6.07) is 0. The van der Waals surface area contributed by atoms with E-state index in [4.69, 9.17) is 25.0 Å². The molecule has 0 aliphatic heterocycles. The highest BCUT2D eigenvalue weighted by molar-refractivity contribution is 7.80. The van der Waals surface area contributed by atoms with E-state index in [-0.39, 0.29) is 6.29 Å². The molecule has 0 aliphatic rings. The Morgan fingerprint density at radius 2 is 1.65 bits per heavy atom. The first-order valence-electron chi connectivity index (χ1n) is 3.98. The normalized spacial score (nSPS) is 19.1. The van der Waals surface area contributed by atoms with Gasteiger partial charge in [-0.25, -0.2) is 8.98 Å². The van der Waals surface area contributed by atoms with E-state index in [2.05, 4.69) is 4.18 Å². The Bertz CT molecular complexity index is 374. The number of aliphatic carboxylic acids is 1. The van der Waals surface area contributed by atoms with Gasteiger partial charge in [0, 0.05) is 0 Å². The molecule has 0 aliphatic carbocycles. The minimum absolute atomic E-state index is 0.295. The van der Waals surface area contributed by atoms with Crippen molar-refractivity contribution >= 4 is 22.7 Å². The maximum absolute atomic E-state index is 10.3. The predicted octanol–water partition coefficient (Wildman–Crippen LogP) is -3.46. The number of carbonyl (C=O) groups is 2. The lowest BCUT2D eigenvalue weighted by Gasteiger charge is -2.23. The Labute approximate surface area is 95.0 Å². The van der Waals surface area contributed by atoms with E-state index in [1.807, 2.05) is 0 Å². The van der Waals surface area contributed by atoms with Crippen molar-refractivity contribution in [3.63, 3.8) is 0 Å². The van der Waals surface area contributed by atoms with Crippen LogP contribution < -0.4 is 0 Å². The molecule has 0 radical (unpaired) electrons. The number of carboxylic acid groups (broad SMARTS) is 1. The third-order valence-electron chi connectivity index (χ3n) is 1.63. The number of hydrogen-bond acceptors (Lipinski definition) is 8. The first-order chi connectivity index (χ1) is 7.60. The molecule has 5 N–H and O–H groups in total. The van der Waals surface area contributed by atoms with Crippen LogP contribution in [0.3, 0.4) is 0 Å². The Morgan fingerprint density at radius 3 is 1.94 bits per heavy atom. The average molecular weight is 274 g/mol. The van der Waals surface area contributed by atoms with E-state index >= 15 is 0 Å². The summed E-state index contributed by atoms with van der Waals surface area (Å²) < 4.78 is 32.3. The van der Waals surface area contributed by atoms with Gasteiger partial charge < -0.3 is 25.2 Å². The van der Waals surface area contributed by atoms with Crippen LogP contribution in [0.25, 0.3) is 0 Å². The SMILES string of the molecule is O=C[C@@H](OS(=O)(=O)O)[C@@H](O)[C@H](O)[C@H](O)C(=O)O. The third kappa shape index (κ3) is 5.16. The topological polar surface area (TPSA) is 179 Å². The summed E-state index contributed by atoms with van der Waals surface area (Å²) in [4.78, 5) is 20.5. The van der Waals surface area contributed by atoms with Crippen LogP contribution in [0.2, 0.25) is 0 Å². The van der Waals surface area contributed by atoms with Gasteiger partial charge in [-0.15, -0.1) is 0 Å². The molecule has 0 heterocycles. The molecule has 0 spiro atoms. The summed E-state index contributed by atoms with van der Waals surface area (Å²) in [6.45, 7) is 0. The lowest BCUT2D eigenvalue weighted by molar-refractivity contribution is -0.162. The van der Waals surface area contributed by atoms with Crippen molar-refractivity contribution in [3.8, 4) is 0 Å². The van der Waals surface area contributed by atoms with Crippen molar-refractivity contribution in [2.75, 3.05) is 0 Å². The van der Waals surface area contributed by atoms with Gasteiger partial charge in [-0.1, -0.05) is 0 Å². The van der Waals surface area contributed by atoms with E-state index < -0.39 is 40.8 Å². The number of hydrogen-bond donors (Lipinski definition) is 5. The maximum atomic E-state index is 10.3. The van der Waals surface area contributed by atoms with Crippen LogP contribution in [0.15, 0.2) is 0 Å². The van der Waals surface area contributed by atoms with Crippen molar-refractivity contribution in [2.24, 2.45) is 0 Å². The Kier molecular flexibility index (Phi) is 5.60. The molecule has 17 heavy (non-hydrogen) atoms. The van der Waals surface area contributed by atoms with Crippen LogP contribution in [-0.4, -0.2) is 70.1 Å². The zero-order chi connectivity index (χ0) is 13.8. The van der Waals surface area contributed by atoms with Gasteiger partial charge in [-0.3, -0.25) is 4.55 Å². The van der Waals surface area contributed by atoms with Gasteiger partial charge in [0.2, 0.25) is 0 Å². The first-order valence-corrected chi connectivity index (χ1v) is 5.34. The molecule has 0 bridgehead atoms. The number of carbonyl (C=O) groups excluding carboxylic acids is 1. The molecule has 11 heteroatoms. The highest BCUT2D eigenvalue weighted by atomic mass is 32.3. The van der Waals surface area contributed by atoms with Crippen LogP contribution in [0.5, 0.6) is 0 Å². The van der Waals surface area contributed by atoms with Crippen molar-refractivity contribution in [1.29, 1.82) is 0 Å². The molecule has 0 aromatic carbocycles. The summed E-state index contributed by atoms with van der Waals surface area (Å²) in [7, 11) is -5.09. The Morgan fingerprint density at radius 1 is 1.18 bits per heavy atom. The van der Waals surface area contributed by atoms with E-state index in [9.17, 15) is 18.0 Å². The average Bonchev–Trinajstić information content (AvgIpc) is 2.21. The lowest BCUT2D eigenvalue weighted by Crippen LogP contribution is -2.49. The van der Waals surface area contributed by atoms with Crippen LogP contribution in [0, 0.1) is 0 Å². The highest BCUT2D eigenvalue weighted by Crippen LogP contribution is 2.09.